The minimum absolute atomic E-state index is 0. The quantitative estimate of drug-likeness (QED) is 0.633. The third kappa shape index (κ3) is 2.40. The van der Waals surface area contributed by atoms with Crippen molar-refractivity contribution in [1.29, 1.82) is 0 Å². The van der Waals surface area contributed by atoms with Crippen LogP contribution in [0.3, 0.4) is 0 Å². The second-order valence-corrected chi connectivity index (χ2v) is 4.26. The van der Waals surface area contributed by atoms with Gasteiger partial charge in [0.1, 0.15) is 0 Å². The highest BCUT2D eigenvalue weighted by Crippen LogP contribution is 2.08. The van der Waals surface area contributed by atoms with E-state index >= 15 is 0 Å². The van der Waals surface area contributed by atoms with Crippen LogP contribution < -0.4 is 10.6 Å². The monoisotopic (exact) mass is 187 g/mol. The van der Waals surface area contributed by atoms with Gasteiger partial charge < -0.3 is 0 Å². The standard InChI is InChI=1S/C12H11P/c1-3-7-11(8-4-1)13-12-9-5-2-6-10-12/h1-10,13H/p+1. The van der Waals surface area contributed by atoms with E-state index in [1.807, 2.05) is 0 Å². The highest BCUT2D eigenvalue weighted by molar-refractivity contribution is 7.55. The summed E-state index contributed by atoms with van der Waals surface area (Å²) in [6.45, 7) is 0. The van der Waals surface area contributed by atoms with Crippen LogP contribution in [0.1, 0.15) is 1.43 Å². The molecule has 0 N–H and O–H groups in total. The highest BCUT2D eigenvalue weighted by Gasteiger charge is 1.92. The topological polar surface area (TPSA) is 0 Å². The molecule has 0 spiro atoms. The van der Waals surface area contributed by atoms with E-state index in [9.17, 15) is 0 Å². The fourth-order valence-corrected chi connectivity index (χ4v) is 2.26. The van der Waals surface area contributed by atoms with Crippen molar-refractivity contribution in [3.63, 3.8) is 0 Å². The van der Waals surface area contributed by atoms with E-state index in [2.05, 4.69) is 60.7 Å². The molecule has 0 heterocycles. The maximum Gasteiger partial charge on any atom is 1.00 e. The van der Waals surface area contributed by atoms with E-state index in [0.29, 0.717) is 0 Å². The molecule has 0 aromatic heterocycles. The summed E-state index contributed by atoms with van der Waals surface area (Å²) in [5.74, 6) is 0. The van der Waals surface area contributed by atoms with Gasteiger partial charge >= 0.3 is 1.43 Å². The summed E-state index contributed by atoms with van der Waals surface area (Å²) in [6, 6.07) is 21.2. The van der Waals surface area contributed by atoms with Gasteiger partial charge in [-0.1, -0.05) is 69.2 Å². The van der Waals surface area contributed by atoms with Crippen LogP contribution in [-0.2, 0) is 0 Å². The molecule has 64 valence electrons. The van der Waals surface area contributed by atoms with Crippen LogP contribution in [0.2, 0.25) is 0 Å². The SMILES string of the molecule is [H+].c1ccc(Pc2ccccc2)cc1. The molecule has 0 aliphatic rings. The van der Waals surface area contributed by atoms with Crippen molar-refractivity contribution in [2.75, 3.05) is 0 Å². The number of hydrogen-bond acceptors (Lipinski definition) is 0. The first-order valence-corrected chi connectivity index (χ1v) is 5.32. The summed E-state index contributed by atoms with van der Waals surface area (Å²) in [5, 5.41) is 2.79. The van der Waals surface area contributed by atoms with Crippen LogP contribution in [0, 0.1) is 0 Å². The van der Waals surface area contributed by atoms with Crippen molar-refractivity contribution in [1.82, 2.24) is 0 Å². The van der Waals surface area contributed by atoms with Gasteiger partial charge in [0.25, 0.3) is 0 Å². The number of benzene rings is 2. The molecule has 1 heteroatoms. The lowest BCUT2D eigenvalue weighted by Crippen LogP contribution is -2.01. The Labute approximate surface area is 81.9 Å². The first kappa shape index (κ1) is 8.47. The molecular formula is C12H12P+. The van der Waals surface area contributed by atoms with Gasteiger partial charge in [-0.2, -0.15) is 0 Å². The highest BCUT2D eigenvalue weighted by atomic mass is 31.1. The lowest BCUT2D eigenvalue weighted by atomic mass is 10.4. The molecule has 2 rings (SSSR count). The van der Waals surface area contributed by atoms with Gasteiger partial charge in [-0.25, -0.2) is 0 Å². The van der Waals surface area contributed by atoms with Gasteiger partial charge in [-0.3, -0.25) is 0 Å². The summed E-state index contributed by atoms with van der Waals surface area (Å²) >= 11 is 0. The van der Waals surface area contributed by atoms with Crippen molar-refractivity contribution < 1.29 is 1.43 Å². The van der Waals surface area contributed by atoms with Crippen LogP contribution in [0.5, 0.6) is 0 Å². The molecule has 0 bridgehead atoms. The fourth-order valence-electron chi connectivity index (χ4n) is 1.21. The Morgan fingerprint density at radius 1 is 0.615 bits per heavy atom. The summed E-state index contributed by atoms with van der Waals surface area (Å²) in [4.78, 5) is 0. The molecule has 0 saturated carbocycles. The number of hydrogen-bond donors (Lipinski definition) is 0. The van der Waals surface area contributed by atoms with E-state index in [1.165, 1.54) is 10.6 Å². The van der Waals surface area contributed by atoms with Gasteiger partial charge in [0.15, 0.2) is 0 Å². The lowest BCUT2D eigenvalue weighted by Gasteiger charge is -2.00. The lowest BCUT2D eigenvalue weighted by molar-refractivity contribution is 1.76. The Bertz CT molecular complexity index is 321. The molecule has 13 heavy (non-hydrogen) atoms. The van der Waals surface area contributed by atoms with Gasteiger partial charge in [0.2, 0.25) is 0 Å². The largest absolute Gasteiger partial charge is 1.00 e. The average molecular weight is 187 g/mol. The van der Waals surface area contributed by atoms with Gasteiger partial charge in [0.05, 0.1) is 0 Å². The summed E-state index contributed by atoms with van der Waals surface area (Å²) in [6.07, 6.45) is 0. The molecule has 0 aliphatic carbocycles. The molecule has 2 aromatic carbocycles. The fraction of sp³-hybridized carbons (Fsp3) is 0. The Balaban J connectivity index is 0.000000980. The maximum absolute atomic E-state index is 2.17. The van der Waals surface area contributed by atoms with Crippen LogP contribution in [0.4, 0.5) is 0 Å². The molecule has 0 fully saturated rings. The van der Waals surface area contributed by atoms with E-state index in [1.54, 1.807) is 0 Å². The smallest absolute Gasteiger partial charge is 0.0622 e. The molecule has 0 nitrogen and oxygen atoms in total. The molecule has 0 saturated heterocycles. The molecular weight excluding hydrogens is 175 g/mol. The van der Waals surface area contributed by atoms with Gasteiger partial charge in [0, 0.05) is 0 Å². The minimum Gasteiger partial charge on any atom is -0.0622 e. The molecule has 0 aliphatic heterocycles. The summed E-state index contributed by atoms with van der Waals surface area (Å²) in [5.41, 5.74) is 0. The van der Waals surface area contributed by atoms with Crippen LogP contribution in [-0.4, -0.2) is 0 Å². The summed E-state index contributed by atoms with van der Waals surface area (Å²) in [7, 11) is 0.777. The Morgan fingerprint density at radius 3 is 1.38 bits per heavy atom. The van der Waals surface area contributed by atoms with Crippen molar-refractivity contribution in [2.45, 2.75) is 0 Å². The molecule has 0 atom stereocenters. The van der Waals surface area contributed by atoms with Crippen molar-refractivity contribution in [3.8, 4) is 0 Å². The van der Waals surface area contributed by atoms with Gasteiger partial charge in [-0.15, -0.1) is 0 Å². The molecule has 0 amide bonds. The van der Waals surface area contributed by atoms with E-state index in [0.717, 1.165) is 8.58 Å². The Kier molecular flexibility index (Phi) is 2.74. The van der Waals surface area contributed by atoms with Crippen LogP contribution in [0.15, 0.2) is 60.7 Å². The predicted molar refractivity (Wildman–Crippen MR) is 61.6 cm³/mol. The van der Waals surface area contributed by atoms with Crippen molar-refractivity contribution in [2.24, 2.45) is 0 Å². The van der Waals surface area contributed by atoms with Crippen LogP contribution >= 0.6 is 8.58 Å². The summed E-state index contributed by atoms with van der Waals surface area (Å²) < 4.78 is 0. The molecule has 0 unspecified atom stereocenters. The van der Waals surface area contributed by atoms with Gasteiger partial charge in [-0.05, 0) is 10.6 Å². The van der Waals surface area contributed by atoms with E-state index in [4.69, 9.17) is 0 Å². The number of rotatable bonds is 2. The van der Waals surface area contributed by atoms with E-state index < -0.39 is 0 Å². The first-order valence-electron chi connectivity index (χ1n) is 4.32. The van der Waals surface area contributed by atoms with Crippen LogP contribution in [0.25, 0.3) is 0 Å². The third-order valence-corrected chi connectivity index (χ3v) is 3.08. The first-order chi connectivity index (χ1) is 6.45. The van der Waals surface area contributed by atoms with Crippen molar-refractivity contribution >= 4 is 19.2 Å². The average Bonchev–Trinajstić information content (AvgIpc) is 2.21. The minimum atomic E-state index is 0. The zero-order chi connectivity index (χ0) is 8.93. The third-order valence-electron chi connectivity index (χ3n) is 1.84. The van der Waals surface area contributed by atoms with Crippen molar-refractivity contribution in [3.05, 3.63) is 60.7 Å². The Morgan fingerprint density at radius 2 is 1.00 bits per heavy atom. The Hall–Kier alpha value is -1.13. The maximum atomic E-state index is 2.17. The molecule has 2 aromatic rings. The van der Waals surface area contributed by atoms with E-state index in [-0.39, 0.29) is 1.43 Å². The second-order valence-electron chi connectivity index (χ2n) is 2.86. The normalized spacial score (nSPS) is 9.85. The molecule has 0 radical (unpaired) electrons. The zero-order valence-corrected chi connectivity index (χ0v) is 8.27. The zero-order valence-electron chi connectivity index (χ0n) is 8.27. The predicted octanol–water partition coefficient (Wildman–Crippen LogP) is 2.43. The second kappa shape index (κ2) is 4.20.